The number of halogens is 1. The Hall–Kier alpha value is -1.71. The number of anilines is 1. The van der Waals surface area contributed by atoms with Gasteiger partial charge in [-0.05, 0) is 43.7 Å². The maximum absolute atomic E-state index is 9.83. The predicted octanol–water partition coefficient (Wildman–Crippen LogP) is 4.06. The lowest BCUT2D eigenvalue weighted by atomic mass is 9.92. The van der Waals surface area contributed by atoms with Gasteiger partial charge in [0.05, 0.1) is 29.5 Å². The normalized spacial score (nSPS) is 13.5. The summed E-state index contributed by atoms with van der Waals surface area (Å²) in [5, 5.41) is 13.8. The van der Waals surface area contributed by atoms with Crippen LogP contribution in [-0.4, -0.2) is 18.3 Å². The number of para-hydroxylation sites is 1. The molecule has 0 bridgehead atoms. The number of aliphatic hydroxyl groups excluding tert-OH is 1. The van der Waals surface area contributed by atoms with Crippen LogP contribution in [0.25, 0.3) is 0 Å². The minimum atomic E-state index is -0.615. The molecule has 21 heavy (non-hydrogen) atoms. The molecule has 0 aliphatic rings. The number of hydrogen-bond donors (Lipinski definition) is 2. The van der Waals surface area contributed by atoms with Gasteiger partial charge in [0.25, 0.3) is 0 Å². The van der Waals surface area contributed by atoms with Crippen LogP contribution in [0.15, 0.2) is 48.5 Å². The smallest absolute Gasteiger partial charge is 0.119 e. The van der Waals surface area contributed by atoms with E-state index in [0.29, 0.717) is 11.6 Å². The summed E-state index contributed by atoms with van der Waals surface area (Å²) in [4.78, 5) is 0. The molecule has 0 aliphatic carbocycles. The van der Waals surface area contributed by atoms with Crippen LogP contribution in [0, 0.1) is 0 Å². The van der Waals surface area contributed by atoms with Crippen molar-refractivity contribution in [2.45, 2.75) is 19.4 Å². The number of aliphatic hydroxyl groups is 1. The molecule has 4 heteroatoms. The lowest BCUT2D eigenvalue weighted by Crippen LogP contribution is -2.35. The lowest BCUT2D eigenvalue weighted by molar-refractivity contribution is 0.224. The molecule has 0 amide bonds. The molecule has 0 spiro atoms. The van der Waals surface area contributed by atoms with Gasteiger partial charge in [0, 0.05) is 0 Å². The van der Waals surface area contributed by atoms with E-state index in [-0.39, 0.29) is 6.61 Å². The van der Waals surface area contributed by atoms with Crippen molar-refractivity contribution >= 4 is 17.3 Å². The number of hydrogen-bond acceptors (Lipinski definition) is 3. The molecule has 0 aromatic heterocycles. The summed E-state index contributed by atoms with van der Waals surface area (Å²) in [6.45, 7) is 4.47. The molecule has 0 saturated heterocycles. The second kappa shape index (κ2) is 6.83. The molecule has 2 aromatic rings. The molecule has 3 nitrogen and oxygen atoms in total. The first kappa shape index (κ1) is 15.7. The zero-order valence-electron chi connectivity index (χ0n) is 12.3. The van der Waals surface area contributed by atoms with Gasteiger partial charge < -0.3 is 15.2 Å². The molecule has 0 heterocycles. The Balaban J connectivity index is 2.26. The van der Waals surface area contributed by atoms with Crippen molar-refractivity contribution in [1.29, 1.82) is 0 Å². The zero-order chi connectivity index (χ0) is 15.3. The first-order valence-electron chi connectivity index (χ1n) is 6.96. The van der Waals surface area contributed by atoms with E-state index in [0.717, 1.165) is 17.0 Å². The van der Waals surface area contributed by atoms with Crippen LogP contribution in [0.3, 0.4) is 0 Å². The molecule has 2 N–H and O–H groups in total. The molecule has 0 saturated carbocycles. The third-order valence-electron chi connectivity index (χ3n) is 3.40. The molecular formula is C17H20ClNO2. The molecule has 0 radical (unpaired) electrons. The maximum Gasteiger partial charge on any atom is 0.119 e. The summed E-state index contributed by atoms with van der Waals surface area (Å²) >= 11 is 6.18. The van der Waals surface area contributed by atoms with Gasteiger partial charge in [0.15, 0.2) is 0 Å². The summed E-state index contributed by atoms with van der Waals surface area (Å²) in [5.41, 5.74) is 1.15. The van der Waals surface area contributed by atoms with E-state index in [4.69, 9.17) is 16.3 Å². The fourth-order valence-corrected chi connectivity index (χ4v) is 2.33. The lowest BCUT2D eigenvalue weighted by Gasteiger charge is -2.31. The Labute approximate surface area is 130 Å². The van der Waals surface area contributed by atoms with Crippen molar-refractivity contribution < 1.29 is 9.84 Å². The van der Waals surface area contributed by atoms with Crippen LogP contribution in [0.2, 0.25) is 5.02 Å². The van der Waals surface area contributed by atoms with Crippen molar-refractivity contribution in [3.63, 3.8) is 0 Å². The summed E-state index contributed by atoms with van der Waals surface area (Å²) in [6, 6.07) is 15.2. The fraction of sp³-hybridized carbons (Fsp3) is 0.294. The van der Waals surface area contributed by atoms with E-state index in [2.05, 4.69) is 5.32 Å². The second-order valence-corrected chi connectivity index (χ2v) is 5.46. The van der Waals surface area contributed by atoms with E-state index >= 15 is 0 Å². The Morgan fingerprint density at radius 1 is 1.14 bits per heavy atom. The maximum atomic E-state index is 9.83. The van der Waals surface area contributed by atoms with Gasteiger partial charge in [-0.25, -0.2) is 0 Å². The highest BCUT2D eigenvalue weighted by Crippen LogP contribution is 2.30. The Morgan fingerprint density at radius 3 is 2.38 bits per heavy atom. The highest BCUT2D eigenvalue weighted by atomic mass is 35.5. The largest absolute Gasteiger partial charge is 0.494 e. The van der Waals surface area contributed by atoms with Gasteiger partial charge >= 0.3 is 0 Å². The van der Waals surface area contributed by atoms with Crippen molar-refractivity contribution in [2.24, 2.45) is 0 Å². The van der Waals surface area contributed by atoms with Gasteiger partial charge in [-0.15, -0.1) is 0 Å². The third-order valence-corrected chi connectivity index (χ3v) is 3.73. The highest BCUT2D eigenvalue weighted by molar-refractivity contribution is 6.33. The van der Waals surface area contributed by atoms with Crippen molar-refractivity contribution in [3.8, 4) is 5.75 Å². The molecule has 0 aliphatic heterocycles. The van der Waals surface area contributed by atoms with E-state index in [1.54, 1.807) is 0 Å². The molecular weight excluding hydrogens is 286 g/mol. The van der Waals surface area contributed by atoms with Crippen molar-refractivity contribution in [1.82, 2.24) is 0 Å². The number of ether oxygens (including phenoxy) is 1. The Kier molecular flexibility index (Phi) is 5.10. The van der Waals surface area contributed by atoms with Crippen LogP contribution < -0.4 is 10.1 Å². The highest BCUT2D eigenvalue weighted by Gasteiger charge is 2.26. The van der Waals surface area contributed by atoms with E-state index < -0.39 is 5.54 Å². The number of nitrogens with one attached hydrogen (secondary N) is 1. The Bertz CT molecular complexity index is 586. The molecule has 0 fully saturated rings. The average molecular weight is 306 g/mol. The van der Waals surface area contributed by atoms with Crippen LogP contribution in [0.5, 0.6) is 5.75 Å². The van der Waals surface area contributed by atoms with Gasteiger partial charge in [-0.2, -0.15) is 0 Å². The van der Waals surface area contributed by atoms with E-state index in [9.17, 15) is 5.11 Å². The average Bonchev–Trinajstić information content (AvgIpc) is 2.50. The van der Waals surface area contributed by atoms with Gasteiger partial charge in [-0.1, -0.05) is 35.9 Å². The van der Waals surface area contributed by atoms with Crippen LogP contribution in [0.1, 0.15) is 19.4 Å². The molecule has 112 valence electrons. The zero-order valence-corrected chi connectivity index (χ0v) is 13.0. The molecule has 2 rings (SSSR count). The first-order valence-corrected chi connectivity index (χ1v) is 7.34. The quantitative estimate of drug-likeness (QED) is 0.845. The SMILES string of the molecule is CCOc1ccc(C(C)(CO)Nc2ccccc2Cl)cc1. The number of benzene rings is 2. The summed E-state index contributed by atoms with van der Waals surface area (Å²) < 4.78 is 5.44. The van der Waals surface area contributed by atoms with Gasteiger partial charge in [0.2, 0.25) is 0 Å². The number of rotatable bonds is 6. The van der Waals surface area contributed by atoms with Gasteiger partial charge in [-0.3, -0.25) is 0 Å². The predicted molar refractivity (Wildman–Crippen MR) is 87.1 cm³/mol. The van der Waals surface area contributed by atoms with E-state index in [1.165, 1.54) is 0 Å². The summed E-state index contributed by atoms with van der Waals surface area (Å²) in [6.07, 6.45) is 0. The van der Waals surface area contributed by atoms with Crippen LogP contribution >= 0.6 is 11.6 Å². The van der Waals surface area contributed by atoms with Crippen LogP contribution in [-0.2, 0) is 5.54 Å². The Morgan fingerprint density at radius 2 is 1.81 bits per heavy atom. The second-order valence-electron chi connectivity index (χ2n) is 5.05. The fourth-order valence-electron chi connectivity index (χ4n) is 2.15. The van der Waals surface area contributed by atoms with Crippen molar-refractivity contribution in [3.05, 3.63) is 59.1 Å². The summed E-state index contributed by atoms with van der Waals surface area (Å²) in [7, 11) is 0. The topological polar surface area (TPSA) is 41.5 Å². The molecule has 1 unspecified atom stereocenters. The first-order chi connectivity index (χ1) is 10.1. The molecule has 2 aromatic carbocycles. The monoisotopic (exact) mass is 305 g/mol. The minimum Gasteiger partial charge on any atom is -0.494 e. The third kappa shape index (κ3) is 3.69. The van der Waals surface area contributed by atoms with Gasteiger partial charge in [0.1, 0.15) is 5.75 Å². The summed E-state index contributed by atoms with van der Waals surface area (Å²) in [5.74, 6) is 0.819. The van der Waals surface area contributed by atoms with Crippen LogP contribution in [0.4, 0.5) is 5.69 Å². The molecule has 1 atom stereocenters. The minimum absolute atomic E-state index is 0.0494. The standard InChI is InChI=1S/C17H20ClNO2/c1-3-21-14-10-8-13(9-11-14)17(2,12-20)19-16-7-5-4-6-15(16)18/h4-11,19-20H,3,12H2,1-2H3. The van der Waals surface area contributed by atoms with Crippen molar-refractivity contribution in [2.75, 3.05) is 18.5 Å². The van der Waals surface area contributed by atoms with E-state index in [1.807, 2.05) is 62.4 Å².